The van der Waals surface area contributed by atoms with Crippen LogP contribution in [0.25, 0.3) is 0 Å². The van der Waals surface area contributed by atoms with Crippen LogP contribution in [0.1, 0.15) is 46.0 Å². The van der Waals surface area contributed by atoms with Crippen LogP contribution in [-0.4, -0.2) is 13.3 Å². The SMILES string of the molecule is CC(C)[B]C1CCCC(N)CC1. The molecule has 1 fully saturated rings. The van der Waals surface area contributed by atoms with Gasteiger partial charge >= 0.3 is 0 Å². The molecular formula is C10H21BN. The van der Waals surface area contributed by atoms with Crippen molar-refractivity contribution in [2.75, 3.05) is 0 Å². The highest BCUT2D eigenvalue weighted by Gasteiger charge is 2.17. The molecule has 0 spiro atoms. The Balaban J connectivity index is 2.26. The normalized spacial score (nSPS) is 31.7. The third kappa shape index (κ3) is 3.62. The molecule has 2 unspecified atom stereocenters. The molecule has 1 rings (SSSR count). The third-order valence-corrected chi connectivity index (χ3v) is 2.72. The Morgan fingerprint density at radius 2 is 1.92 bits per heavy atom. The maximum absolute atomic E-state index is 5.91. The van der Waals surface area contributed by atoms with Gasteiger partial charge in [0.25, 0.3) is 0 Å². The van der Waals surface area contributed by atoms with E-state index in [4.69, 9.17) is 5.73 Å². The highest BCUT2D eigenvalue weighted by Crippen LogP contribution is 2.28. The maximum Gasteiger partial charge on any atom is 0.117 e. The van der Waals surface area contributed by atoms with Crippen molar-refractivity contribution >= 4 is 7.28 Å². The van der Waals surface area contributed by atoms with Gasteiger partial charge < -0.3 is 5.73 Å². The number of nitrogens with two attached hydrogens (primary N) is 1. The zero-order valence-electron chi connectivity index (χ0n) is 8.42. The molecule has 12 heavy (non-hydrogen) atoms. The van der Waals surface area contributed by atoms with Gasteiger partial charge in [-0.2, -0.15) is 0 Å². The fraction of sp³-hybridized carbons (Fsp3) is 1.00. The fourth-order valence-corrected chi connectivity index (χ4v) is 2.10. The average Bonchev–Trinajstić information content (AvgIpc) is 2.15. The minimum Gasteiger partial charge on any atom is -0.328 e. The zero-order chi connectivity index (χ0) is 8.97. The van der Waals surface area contributed by atoms with E-state index in [0.29, 0.717) is 6.04 Å². The fourth-order valence-electron chi connectivity index (χ4n) is 2.10. The summed E-state index contributed by atoms with van der Waals surface area (Å²) in [5, 5.41) is 0. The molecule has 1 aliphatic carbocycles. The number of rotatable bonds is 2. The molecule has 0 aromatic heterocycles. The molecule has 2 atom stereocenters. The van der Waals surface area contributed by atoms with E-state index >= 15 is 0 Å². The van der Waals surface area contributed by atoms with Gasteiger partial charge in [-0.3, -0.25) is 0 Å². The minimum atomic E-state index is 0.482. The van der Waals surface area contributed by atoms with Crippen LogP contribution in [0, 0.1) is 0 Å². The van der Waals surface area contributed by atoms with Crippen molar-refractivity contribution in [2.45, 2.75) is 63.6 Å². The lowest BCUT2D eigenvalue weighted by Gasteiger charge is -2.14. The molecule has 0 bridgehead atoms. The van der Waals surface area contributed by atoms with Gasteiger partial charge in [0, 0.05) is 6.04 Å². The van der Waals surface area contributed by atoms with E-state index in [0.717, 1.165) is 11.6 Å². The summed E-state index contributed by atoms with van der Waals surface area (Å²) in [5.41, 5.74) is 5.91. The molecule has 2 N–H and O–H groups in total. The summed E-state index contributed by atoms with van der Waals surface area (Å²) in [6.45, 7) is 4.54. The minimum absolute atomic E-state index is 0.482. The van der Waals surface area contributed by atoms with Crippen molar-refractivity contribution < 1.29 is 0 Å². The van der Waals surface area contributed by atoms with Crippen LogP contribution in [0.2, 0.25) is 11.6 Å². The van der Waals surface area contributed by atoms with Gasteiger partial charge in [-0.15, -0.1) is 0 Å². The highest BCUT2D eigenvalue weighted by molar-refractivity contribution is 6.39. The summed E-state index contributed by atoms with van der Waals surface area (Å²) in [6.07, 6.45) is 6.48. The van der Waals surface area contributed by atoms with Crippen LogP contribution in [0.4, 0.5) is 0 Å². The monoisotopic (exact) mass is 166 g/mol. The van der Waals surface area contributed by atoms with Gasteiger partial charge in [-0.05, 0) is 12.8 Å². The second-order valence-electron chi connectivity index (χ2n) is 4.46. The molecule has 2 heteroatoms. The van der Waals surface area contributed by atoms with Gasteiger partial charge in [0.1, 0.15) is 7.28 Å². The van der Waals surface area contributed by atoms with Gasteiger partial charge in [0.2, 0.25) is 0 Å². The average molecular weight is 166 g/mol. The first-order valence-electron chi connectivity index (χ1n) is 5.29. The molecule has 1 saturated carbocycles. The first kappa shape index (κ1) is 10.1. The Bertz CT molecular complexity index is 125. The van der Waals surface area contributed by atoms with Crippen molar-refractivity contribution in [3.05, 3.63) is 0 Å². The Labute approximate surface area is 77.3 Å². The zero-order valence-corrected chi connectivity index (χ0v) is 8.42. The molecule has 69 valence electrons. The van der Waals surface area contributed by atoms with E-state index in [9.17, 15) is 0 Å². The van der Waals surface area contributed by atoms with Crippen molar-refractivity contribution in [3.8, 4) is 0 Å². The summed E-state index contributed by atoms with van der Waals surface area (Å²) in [5.74, 6) is 1.59. The molecular weight excluding hydrogens is 145 g/mol. The van der Waals surface area contributed by atoms with E-state index < -0.39 is 0 Å². The second kappa shape index (κ2) is 4.91. The van der Waals surface area contributed by atoms with Crippen LogP contribution in [0.5, 0.6) is 0 Å². The first-order chi connectivity index (χ1) is 5.68. The highest BCUT2D eigenvalue weighted by atomic mass is 14.6. The summed E-state index contributed by atoms with van der Waals surface area (Å²) < 4.78 is 0. The van der Waals surface area contributed by atoms with Gasteiger partial charge in [0.15, 0.2) is 0 Å². The molecule has 1 radical (unpaired) electrons. The van der Waals surface area contributed by atoms with Crippen LogP contribution in [-0.2, 0) is 0 Å². The molecule has 0 saturated heterocycles. The van der Waals surface area contributed by atoms with Gasteiger partial charge in [-0.1, -0.05) is 44.7 Å². The summed E-state index contributed by atoms with van der Waals surface area (Å²) >= 11 is 0. The largest absolute Gasteiger partial charge is 0.328 e. The summed E-state index contributed by atoms with van der Waals surface area (Å²) in [4.78, 5) is 0. The Kier molecular flexibility index (Phi) is 4.13. The van der Waals surface area contributed by atoms with Crippen molar-refractivity contribution in [1.29, 1.82) is 0 Å². The van der Waals surface area contributed by atoms with Crippen LogP contribution in [0.3, 0.4) is 0 Å². The van der Waals surface area contributed by atoms with Crippen LogP contribution < -0.4 is 5.73 Å². The van der Waals surface area contributed by atoms with Crippen LogP contribution >= 0.6 is 0 Å². The number of hydrogen-bond donors (Lipinski definition) is 1. The lowest BCUT2D eigenvalue weighted by atomic mass is 9.54. The molecule has 0 heterocycles. The molecule has 0 amide bonds. The lowest BCUT2D eigenvalue weighted by molar-refractivity contribution is 0.583. The second-order valence-corrected chi connectivity index (χ2v) is 4.46. The maximum atomic E-state index is 5.91. The van der Waals surface area contributed by atoms with E-state index in [2.05, 4.69) is 21.1 Å². The summed E-state index contributed by atoms with van der Waals surface area (Å²) in [6, 6.07) is 0.482. The van der Waals surface area contributed by atoms with Crippen molar-refractivity contribution in [3.63, 3.8) is 0 Å². The van der Waals surface area contributed by atoms with Crippen molar-refractivity contribution in [1.82, 2.24) is 0 Å². The van der Waals surface area contributed by atoms with Gasteiger partial charge in [0.05, 0.1) is 0 Å². The smallest absolute Gasteiger partial charge is 0.117 e. The van der Waals surface area contributed by atoms with Gasteiger partial charge in [-0.25, -0.2) is 0 Å². The standard InChI is InChI=1S/C10H21BN/c1-8(2)11-9-4-3-5-10(12)7-6-9/h8-10H,3-7,12H2,1-2H3. The predicted octanol–water partition coefficient (Wildman–Crippen LogP) is 2.60. The third-order valence-electron chi connectivity index (χ3n) is 2.72. The lowest BCUT2D eigenvalue weighted by Crippen LogP contribution is -2.18. The van der Waals surface area contributed by atoms with Crippen molar-refractivity contribution in [2.24, 2.45) is 5.73 Å². The predicted molar refractivity (Wildman–Crippen MR) is 55.7 cm³/mol. The Morgan fingerprint density at radius 1 is 1.17 bits per heavy atom. The Morgan fingerprint density at radius 3 is 2.58 bits per heavy atom. The number of hydrogen-bond acceptors (Lipinski definition) is 1. The molecule has 0 aromatic carbocycles. The Hall–Kier alpha value is 0.0249. The van der Waals surface area contributed by atoms with Crippen LogP contribution in [0.15, 0.2) is 0 Å². The van der Waals surface area contributed by atoms with E-state index in [1.165, 1.54) is 32.1 Å². The summed E-state index contributed by atoms with van der Waals surface area (Å²) in [7, 11) is 2.50. The first-order valence-corrected chi connectivity index (χ1v) is 5.29. The molecule has 1 aliphatic rings. The molecule has 0 aromatic rings. The molecule has 0 aliphatic heterocycles. The van der Waals surface area contributed by atoms with E-state index in [1.807, 2.05) is 0 Å². The van der Waals surface area contributed by atoms with E-state index in [-0.39, 0.29) is 0 Å². The topological polar surface area (TPSA) is 26.0 Å². The molecule has 1 nitrogen and oxygen atoms in total. The van der Waals surface area contributed by atoms with E-state index in [1.54, 1.807) is 0 Å². The quantitative estimate of drug-likeness (QED) is 0.495.